The van der Waals surface area contributed by atoms with Crippen molar-refractivity contribution in [3.63, 3.8) is 0 Å². The quantitative estimate of drug-likeness (QED) is 0.906. The zero-order valence-electron chi connectivity index (χ0n) is 11.1. The van der Waals surface area contributed by atoms with Gasteiger partial charge in [-0.3, -0.25) is 0 Å². The van der Waals surface area contributed by atoms with E-state index in [1.54, 1.807) is 6.07 Å². The standard InChI is InChI=1S/C15H16N4/c1-3-6-12-7-4-5-8-14(12)19-15-17-11(2)9-13(10-16)18-15/h4-5,7-9H,3,6H2,1-2H3,(H,17,18,19). The highest BCUT2D eigenvalue weighted by Gasteiger charge is 2.05. The Morgan fingerprint density at radius 1 is 1.26 bits per heavy atom. The van der Waals surface area contributed by atoms with Gasteiger partial charge in [0.05, 0.1) is 0 Å². The molecule has 1 aromatic heterocycles. The second-order valence-corrected chi connectivity index (χ2v) is 4.36. The van der Waals surface area contributed by atoms with Crippen LogP contribution in [0.4, 0.5) is 11.6 Å². The molecular formula is C15H16N4. The molecule has 0 aliphatic carbocycles. The van der Waals surface area contributed by atoms with Crippen LogP contribution < -0.4 is 5.32 Å². The smallest absolute Gasteiger partial charge is 0.228 e. The molecule has 0 unspecified atom stereocenters. The third-order valence-corrected chi connectivity index (χ3v) is 2.75. The number of hydrogen-bond acceptors (Lipinski definition) is 4. The largest absolute Gasteiger partial charge is 0.324 e. The summed E-state index contributed by atoms with van der Waals surface area (Å²) in [5.41, 5.74) is 3.39. The molecule has 1 heterocycles. The molecule has 0 amide bonds. The van der Waals surface area contributed by atoms with Crippen LogP contribution in [0.5, 0.6) is 0 Å². The van der Waals surface area contributed by atoms with Crippen LogP contribution in [0.3, 0.4) is 0 Å². The molecule has 96 valence electrons. The van der Waals surface area contributed by atoms with Gasteiger partial charge in [0, 0.05) is 11.4 Å². The predicted octanol–water partition coefficient (Wildman–Crippen LogP) is 3.35. The number of nitrogens with zero attached hydrogens (tertiary/aromatic N) is 3. The first-order valence-electron chi connectivity index (χ1n) is 6.33. The molecule has 2 rings (SSSR count). The van der Waals surface area contributed by atoms with Gasteiger partial charge < -0.3 is 5.32 Å². The van der Waals surface area contributed by atoms with Gasteiger partial charge in [0.1, 0.15) is 11.8 Å². The van der Waals surface area contributed by atoms with E-state index in [0.717, 1.165) is 24.2 Å². The second kappa shape index (κ2) is 5.96. The summed E-state index contributed by atoms with van der Waals surface area (Å²) in [6, 6.07) is 11.8. The highest BCUT2D eigenvalue weighted by Crippen LogP contribution is 2.20. The van der Waals surface area contributed by atoms with E-state index in [2.05, 4.69) is 28.3 Å². The van der Waals surface area contributed by atoms with Gasteiger partial charge in [0.15, 0.2) is 0 Å². The molecule has 1 aromatic carbocycles. The Kier molecular flexibility index (Phi) is 4.09. The van der Waals surface area contributed by atoms with E-state index in [4.69, 9.17) is 5.26 Å². The molecule has 0 spiro atoms. The first-order valence-corrected chi connectivity index (χ1v) is 6.33. The molecule has 19 heavy (non-hydrogen) atoms. The fraction of sp³-hybridized carbons (Fsp3) is 0.267. The lowest BCUT2D eigenvalue weighted by Gasteiger charge is -2.10. The minimum atomic E-state index is 0.378. The maximum absolute atomic E-state index is 8.92. The summed E-state index contributed by atoms with van der Waals surface area (Å²) in [6.45, 7) is 4.00. The maximum Gasteiger partial charge on any atom is 0.228 e. The lowest BCUT2D eigenvalue weighted by molar-refractivity contribution is 0.922. The van der Waals surface area contributed by atoms with Crippen molar-refractivity contribution in [3.8, 4) is 6.07 Å². The van der Waals surface area contributed by atoms with Crippen LogP contribution in [0, 0.1) is 18.3 Å². The van der Waals surface area contributed by atoms with E-state index in [-0.39, 0.29) is 0 Å². The number of rotatable bonds is 4. The van der Waals surface area contributed by atoms with Crippen LogP contribution in [-0.2, 0) is 6.42 Å². The lowest BCUT2D eigenvalue weighted by Crippen LogP contribution is -2.02. The van der Waals surface area contributed by atoms with Gasteiger partial charge in [-0.05, 0) is 31.0 Å². The Labute approximate surface area is 113 Å². The SMILES string of the molecule is CCCc1ccccc1Nc1nc(C)cc(C#N)n1. The van der Waals surface area contributed by atoms with Crippen LogP contribution in [0.25, 0.3) is 0 Å². The van der Waals surface area contributed by atoms with Crippen LogP contribution in [0.15, 0.2) is 30.3 Å². The van der Waals surface area contributed by atoms with E-state index in [9.17, 15) is 0 Å². The third-order valence-electron chi connectivity index (χ3n) is 2.75. The number of para-hydroxylation sites is 1. The zero-order valence-corrected chi connectivity index (χ0v) is 11.1. The molecule has 0 fully saturated rings. The Hall–Kier alpha value is -2.41. The van der Waals surface area contributed by atoms with Crippen molar-refractivity contribution >= 4 is 11.6 Å². The van der Waals surface area contributed by atoms with Crippen molar-refractivity contribution in [2.45, 2.75) is 26.7 Å². The summed E-state index contributed by atoms with van der Waals surface area (Å²) >= 11 is 0. The van der Waals surface area contributed by atoms with Gasteiger partial charge in [-0.1, -0.05) is 31.5 Å². The van der Waals surface area contributed by atoms with Crippen molar-refractivity contribution < 1.29 is 0 Å². The summed E-state index contributed by atoms with van der Waals surface area (Å²) in [5.74, 6) is 0.472. The average Bonchev–Trinajstić information content (AvgIpc) is 2.40. The molecule has 0 bridgehead atoms. The van der Waals surface area contributed by atoms with Gasteiger partial charge in [-0.2, -0.15) is 5.26 Å². The topological polar surface area (TPSA) is 61.6 Å². The van der Waals surface area contributed by atoms with Crippen molar-refractivity contribution in [2.75, 3.05) is 5.32 Å². The van der Waals surface area contributed by atoms with Crippen LogP contribution in [0.2, 0.25) is 0 Å². The molecule has 4 heteroatoms. The molecule has 0 saturated carbocycles. The highest BCUT2D eigenvalue weighted by atomic mass is 15.1. The summed E-state index contributed by atoms with van der Waals surface area (Å²) in [6.07, 6.45) is 2.08. The van der Waals surface area contributed by atoms with Gasteiger partial charge in [0.25, 0.3) is 0 Å². The van der Waals surface area contributed by atoms with Crippen molar-refractivity contribution in [1.82, 2.24) is 9.97 Å². The summed E-state index contributed by atoms with van der Waals surface area (Å²) in [4.78, 5) is 8.47. The number of aryl methyl sites for hydroxylation is 2. The predicted molar refractivity (Wildman–Crippen MR) is 75.2 cm³/mol. The Morgan fingerprint density at radius 3 is 2.79 bits per heavy atom. The van der Waals surface area contributed by atoms with E-state index >= 15 is 0 Å². The minimum absolute atomic E-state index is 0.378. The van der Waals surface area contributed by atoms with Crippen molar-refractivity contribution in [1.29, 1.82) is 5.26 Å². The zero-order chi connectivity index (χ0) is 13.7. The van der Waals surface area contributed by atoms with Gasteiger partial charge in [-0.25, -0.2) is 9.97 Å². The van der Waals surface area contributed by atoms with Gasteiger partial charge >= 0.3 is 0 Å². The second-order valence-electron chi connectivity index (χ2n) is 4.36. The molecule has 0 saturated heterocycles. The molecule has 1 N–H and O–H groups in total. The first-order chi connectivity index (χ1) is 9.22. The number of anilines is 2. The summed E-state index contributed by atoms with van der Waals surface area (Å²) < 4.78 is 0. The van der Waals surface area contributed by atoms with Gasteiger partial charge in [0.2, 0.25) is 5.95 Å². The molecule has 0 aliphatic rings. The van der Waals surface area contributed by atoms with Crippen LogP contribution >= 0.6 is 0 Å². The normalized spacial score (nSPS) is 9.95. The van der Waals surface area contributed by atoms with Crippen LogP contribution in [0.1, 0.15) is 30.3 Å². The Bertz CT molecular complexity index is 614. The fourth-order valence-corrected chi connectivity index (χ4v) is 1.93. The monoisotopic (exact) mass is 252 g/mol. The number of aromatic nitrogens is 2. The number of nitrogens with one attached hydrogen (secondary N) is 1. The fourth-order valence-electron chi connectivity index (χ4n) is 1.93. The molecule has 0 atom stereocenters. The molecule has 4 nitrogen and oxygen atoms in total. The number of benzene rings is 1. The third kappa shape index (κ3) is 3.29. The average molecular weight is 252 g/mol. The summed E-state index contributed by atoms with van der Waals surface area (Å²) in [5, 5.41) is 12.1. The van der Waals surface area contributed by atoms with E-state index in [1.165, 1.54) is 5.56 Å². The Morgan fingerprint density at radius 2 is 2.05 bits per heavy atom. The van der Waals surface area contributed by atoms with Gasteiger partial charge in [-0.15, -0.1) is 0 Å². The van der Waals surface area contributed by atoms with Crippen molar-refractivity contribution in [3.05, 3.63) is 47.3 Å². The van der Waals surface area contributed by atoms with E-state index < -0.39 is 0 Å². The highest BCUT2D eigenvalue weighted by molar-refractivity contribution is 5.58. The number of nitriles is 1. The van der Waals surface area contributed by atoms with Crippen molar-refractivity contribution in [2.24, 2.45) is 0 Å². The maximum atomic E-state index is 8.92. The first kappa shape index (κ1) is 13.0. The van der Waals surface area contributed by atoms with Crippen LogP contribution in [-0.4, -0.2) is 9.97 Å². The minimum Gasteiger partial charge on any atom is -0.324 e. The molecular weight excluding hydrogens is 236 g/mol. The lowest BCUT2D eigenvalue weighted by atomic mass is 10.1. The molecule has 0 radical (unpaired) electrons. The van der Waals surface area contributed by atoms with E-state index in [1.807, 2.05) is 31.2 Å². The molecule has 0 aliphatic heterocycles. The summed E-state index contributed by atoms with van der Waals surface area (Å²) in [7, 11) is 0. The van der Waals surface area contributed by atoms with E-state index in [0.29, 0.717) is 11.6 Å². The Balaban J connectivity index is 2.31. The molecule has 2 aromatic rings. The number of hydrogen-bond donors (Lipinski definition) is 1.